The van der Waals surface area contributed by atoms with Gasteiger partial charge in [-0.15, -0.1) is 0 Å². The summed E-state index contributed by atoms with van der Waals surface area (Å²) in [6.07, 6.45) is 3.15. The number of benzene rings is 1. The lowest BCUT2D eigenvalue weighted by Crippen LogP contribution is -2.44. The van der Waals surface area contributed by atoms with Gasteiger partial charge in [0.15, 0.2) is 0 Å². The Morgan fingerprint density at radius 3 is 2.03 bits per heavy atom. The molecule has 1 aliphatic heterocycles. The van der Waals surface area contributed by atoms with Crippen molar-refractivity contribution < 1.29 is 9.90 Å². The molecule has 1 aromatic rings. The second-order valence-electron chi connectivity index (χ2n) is 11.8. The lowest BCUT2D eigenvalue weighted by Gasteiger charge is -2.43. The lowest BCUT2D eigenvalue weighted by molar-refractivity contribution is 0.0743. The highest BCUT2D eigenvalue weighted by molar-refractivity contribution is 5.65. The third-order valence-corrected chi connectivity index (χ3v) is 6.65. The molecular weight excluding hydrogens is 386 g/mol. The second kappa shape index (κ2) is 11.2. The minimum atomic E-state index is -0.810. The minimum Gasteiger partial charge on any atom is -0.465 e. The Bertz CT molecular complexity index is 679. The molecule has 1 amide bonds. The molecule has 0 aromatic heterocycles. The van der Waals surface area contributed by atoms with E-state index in [1.54, 1.807) is 0 Å². The standard InChI is InChI=1S/C14H21N3O2.C12H26/c15-13-4-2-1-3-11(13)5-8-16-12-6-9-17(10-7-12)14(18)19;1-10(2,3)9-12(7,8)11(4,5)6/h1-4,12,16H,5-10,15H2,(H,18,19);9H2,1-8H3. The van der Waals surface area contributed by atoms with Crippen molar-refractivity contribution in [3.8, 4) is 0 Å². The number of rotatable bonds is 5. The summed E-state index contributed by atoms with van der Waals surface area (Å²) >= 11 is 0. The zero-order chi connectivity index (χ0) is 23.9. The average Bonchev–Trinajstić information content (AvgIpc) is 2.61. The van der Waals surface area contributed by atoms with Gasteiger partial charge in [-0.1, -0.05) is 73.6 Å². The summed E-state index contributed by atoms with van der Waals surface area (Å²) < 4.78 is 0. The maximum Gasteiger partial charge on any atom is 0.407 e. The van der Waals surface area contributed by atoms with E-state index in [4.69, 9.17) is 10.8 Å². The number of anilines is 1. The first-order valence-corrected chi connectivity index (χ1v) is 11.7. The lowest BCUT2D eigenvalue weighted by atomic mass is 9.63. The molecule has 1 heterocycles. The van der Waals surface area contributed by atoms with Crippen LogP contribution in [0.5, 0.6) is 0 Å². The monoisotopic (exact) mass is 433 g/mol. The molecule has 0 spiro atoms. The van der Waals surface area contributed by atoms with E-state index >= 15 is 0 Å². The van der Waals surface area contributed by atoms with Crippen LogP contribution in [0.25, 0.3) is 0 Å². The first-order chi connectivity index (χ1) is 14.1. The number of hydrogen-bond donors (Lipinski definition) is 3. The van der Waals surface area contributed by atoms with E-state index in [1.807, 2.05) is 24.3 Å². The van der Waals surface area contributed by atoms with Gasteiger partial charge < -0.3 is 21.1 Å². The molecule has 1 aromatic carbocycles. The van der Waals surface area contributed by atoms with E-state index in [-0.39, 0.29) is 0 Å². The van der Waals surface area contributed by atoms with Gasteiger partial charge in [-0.3, -0.25) is 0 Å². The number of hydrogen-bond acceptors (Lipinski definition) is 3. The first-order valence-electron chi connectivity index (χ1n) is 11.7. The molecule has 0 atom stereocenters. The number of nitrogens with zero attached hydrogens (tertiary/aromatic N) is 1. The van der Waals surface area contributed by atoms with Crippen LogP contribution in [0.3, 0.4) is 0 Å². The molecule has 0 aliphatic carbocycles. The smallest absolute Gasteiger partial charge is 0.407 e. The Morgan fingerprint density at radius 1 is 1.06 bits per heavy atom. The van der Waals surface area contributed by atoms with Crippen LogP contribution in [0.1, 0.15) is 80.2 Å². The molecule has 0 bridgehead atoms. The number of nitrogen functional groups attached to an aromatic ring is 1. The van der Waals surface area contributed by atoms with Gasteiger partial charge in [0.1, 0.15) is 0 Å². The van der Waals surface area contributed by atoms with Crippen LogP contribution in [-0.4, -0.2) is 41.8 Å². The third kappa shape index (κ3) is 9.94. The normalized spacial score (nSPS) is 15.9. The van der Waals surface area contributed by atoms with Crippen molar-refractivity contribution in [3.05, 3.63) is 29.8 Å². The molecule has 5 heteroatoms. The number of para-hydroxylation sites is 1. The average molecular weight is 434 g/mol. The predicted octanol–water partition coefficient (Wildman–Crippen LogP) is 6.04. The summed E-state index contributed by atoms with van der Waals surface area (Å²) in [4.78, 5) is 12.3. The molecular formula is C26H47N3O2. The Kier molecular flexibility index (Phi) is 9.87. The van der Waals surface area contributed by atoms with Crippen molar-refractivity contribution in [2.24, 2.45) is 16.2 Å². The zero-order valence-electron chi connectivity index (χ0n) is 21.2. The Hall–Kier alpha value is -1.75. The number of nitrogens with two attached hydrogens (primary N) is 1. The molecule has 178 valence electrons. The maximum atomic E-state index is 10.8. The van der Waals surface area contributed by atoms with Gasteiger partial charge in [-0.25, -0.2) is 4.79 Å². The van der Waals surface area contributed by atoms with E-state index in [1.165, 1.54) is 11.3 Å². The van der Waals surface area contributed by atoms with Gasteiger partial charge in [0.05, 0.1) is 0 Å². The molecule has 0 radical (unpaired) electrons. The highest BCUT2D eigenvalue weighted by Crippen LogP contribution is 2.45. The first kappa shape index (κ1) is 27.3. The van der Waals surface area contributed by atoms with Crippen LogP contribution < -0.4 is 11.1 Å². The van der Waals surface area contributed by atoms with E-state index in [2.05, 4.69) is 60.7 Å². The quantitative estimate of drug-likeness (QED) is 0.495. The van der Waals surface area contributed by atoms with E-state index < -0.39 is 6.09 Å². The summed E-state index contributed by atoms with van der Waals surface area (Å²) in [5.74, 6) is 0. The Labute approximate surface area is 190 Å². The fraction of sp³-hybridized carbons (Fsp3) is 0.731. The SMILES string of the molecule is CC(C)(C)CC(C)(C)C(C)(C)C.Nc1ccccc1CCNC1CCN(C(=O)O)CC1. The third-order valence-electron chi connectivity index (χ3n) is 6.65. The Balaban J connectivity index is 0.000000348. The Morgan fingerprint density at radius 2 is 1.61 bits per heavy atom. The molecule has 2 rings (SSSR count). The number of nitrogens with one attached hydrogen (secondary N) is 1. The number of piperidine rings is 1. The van der Waals surface area contributed by atoms with Crippen LogP contribution in [0.15, 0.2) is 24.3 Å². The second-order valence-corrected chi connectivity index (χ2v) is 11.8. The van der Waals surface area contributed by atoms with Gasteiger partial charge in [0.2, 0.25) is 0 Å². The maximum absolute atomic E-state index is 10.8. The van der Waals surface area contributed by atoms with Crippen molar-refractivity contribution in [2.75, 3.05) is 25.4 Å². The summed E-state index contributed by atoms with van der Waals surface area (Å²) in [5.41, 5.74) is 9.16. The molecule has 1 fully saturated rings. The van der Waals surface area contributed by atoms with Crippen molar-refractivity contribution in [3.63, 3.8) is 0 Å². The van der Waals surface area contributed by atoms with Gasteiger partial charge in [0, 0.05) is 24.8 Å². The molecule has 1 saturated heterocycles. The highest BCUT2D eigenvalue weighted by atomic mass is 16.4. The summed E-state index contributed by atoms with van der Waals surface area (Å²) in [6.45, 7) is 20.8. The number of carbonyl (C=O) groups is 1. The van der Waals surface area contributed by atoms with Crippen molar-refractivity contribution in [1.82, 2.24) is 10.2 Å². The van der Waals surface area contributed by atoms with Gasteiger partial charge in [-0.2, -0.15) is 0 Å². The summed E-state index contributed by atoms with van der Waals surface area (Å²) in [5, 5.41) is 12.4. The summed E-state index contributed by atoms with van der Waals surface area (Å²) in [7, 11) is 0. The highest BCUT2D eigenvalue weighted by Gasteiger charge is 2.35. The fourth-order valence-electron chi connectivity index (χ4n) is 4.04. The minimum absolute atomic E-state index is 0.403. The topological polar surface area (TPSA) is 78.6 Å². The van der Waals surface area contributed by atoms with Crippen molar-refractivity contribution in [2.45, 2.75) is 87.1 Å². The molecule has 1 aliphatic rings. The molecule has 0 unspecified atom stereocenters. The van der Waals surface area contributed by atoms with Gasteiger partial charge in [0.25, 0.3) is 0 Å². The number of carboxylic acid groups (broad SMARTS) is 1. The zero-order valence-corrected chi connectivity index (χ0v) is 21.2. The predicted molar refractivity (Wildman–Crippen MR) is 132 cm³/mol. The van der Waals surface area contributed by atoms with Crippen LogP contribution in [0.2, 0.25) is 0 Å². The number of amides is 1. The fourth-order valence-corrected chi connectivity index (χ4v) is 4.04. The van der Waals surface area contributed by atoms with E-state index in [0.717, 1.165) is 37.1 Å². The van der Waals surface area contributed by atoms with Crippen molar-refractivity contribution >= 4 is 11.8 Å². The van der Waals surface area contributed by atoms with Crippen molar-refractivity contribution in [1.29, 1.82) is 0 Å². The number of likely N-dealkylation sites (tertiary alicyclic amines) is 1. The largest absolute Gasteiger partial charge is 0.465 e. The van der Waals surface area contributed by atoms with E-state index in [9.17, 15) is 4.79 Å². The molecule has 0 saturated carbocycles. The summed E-state index contributed by atoms with van der Waals surface area (Å²) in [6, 6.07) is 8.32. The molecule has 31 heavy (non-hydrogen) atoms. The van der Waals surface area contributed by atoms with E-state index in [0.29, 0.717) is 35.4 Å². The molecule has 5 nitrogen and oxygen atoms in total. The molecule has 4 N–H and O–H groups in total. The van der Waals surface area contributed by atoms with Gasteiger partial charge >= 0.3 is 6.09 Å². The van der Waals surface area contributed by atoms with Crippen LogP contribution >= 0.6 is 0 Å². The van der Waals surface area contributed by atoms with Crippen LogP contribution in [-0.2, 0) is 6.42 Å². The van der Waals surface area contributed by atoms with Crippen LogP contribution in [0.4, 0.5) is 10.5 Å². The van der Waals surface area contributed by atoms with Gasteiger partial charge in [-0.05, 0) is 60.1 Å². The van der Waals surface area contributed by atoms with Crippen LogP contribution in [0, 0.1) is 16.2 Å².